The van der Waals surface area contributed by atoms with Crippen LogP contribution in [-0.2, 0) is 23.1 Å². The van der Waals surface area contributed by atoms with E-state index in [1.54, 1.807) is 18.3 Å². The van der Waals surface area contributed by atoms with Gasteiger partial charge in [0.05, 0.1) is 11.4 Å². The van der Waals surface area contributed by atoms with Crippen LogP contribution in [0.3, 0.4) is 0 Å². The number of nitrogens with one attached hydrogen (secondary N) is 2. The SMILES string of the molecule is CNCc1cc(S(=O)(=O)NCc2ncc(C)s2)ccc1C. The fourth-order valence-electron chi connectivity index (χ4n) is 1.92. The van der Waals surface area contributed by atoms with Crippen LogP contribution < -0.4 is 10.0 Å². The molecular weight excluding hydrogens is 306 g/mol. The van der Waals surface area contributed by atoms with E-state index in [0.29, 0.717) is 6.54 Å². The third-order valence-electron chi connectivity index (χ3n) is 3.08. The zero-order valence-corrected chi connectivity index (χ0v) is 13.9. The van der Waals surface area contributed by atoms with Gasteiger partial charge in [0.15, 0.2) is 0 Å². The van der Waals surface area contributed by atoms with E-state index in [1.807, 2.05) is 27.0 Å². The molecule has 0 spiro atoms. The van der Waals surface area contributed by atoms with Crippen molar-refractivity contribution in [1.82, 2.24) is 15.0 Å². The van der Waals surface area contributed by atoms with Crippen molar-refractivity contribution >= 4 is 21.4 Å². The lowest BCUT2D eigenvalue weighted by atomic mass is 10.1. The molecule has 2 N–H and O–H groups in total. The summed E-state index contributed by atoms with van der Waals surface area (Å²) in [7, 11) is -1.68. The van der Waals surface area contributed by atoms with E-state index in [1.165, 1.54) is 11.3 Å². The predicted molar refractivity (Wildman–Crippen MR) is 84.8 cm³/mol. The summed E-state index contributed by atoms with van der Waals surface area (Å²) in [6, 6.07) is 5.17. The zero-order chi connectivity index (χ0) is 15.5. The Bertz CT molecular complexity index is 724. The fraction of sp³-hybridized carbons (Fsp3) is 0.357. The second kappa shape index (κ2) is 6.65. The maximum Gasteiger partial charge on any atom is 0.240 e. The molecular formula is C14H19N3O2S2. The zero-order valence-electron chi connectivity index (χ0n) is 12.3. The van der Waals surface area contributed by atoms with Gasteiger partial charge in [0.25, 0.3) is 0 Å². The van der Waals surface area contributed by atoms with Gasteiger partial charge in [-0.05, 0) is 44.2 Å². The van der Waals surface area contributed by atoms with Crippen molar-refractivity contribution in [2.24, 2.45) is 0 Å². The molecule has 7 heteroatoms. The van der Waals surface area contributed by atoms with Crippen LogP contribution in [-0.4, -0.2) is 20.4 Å². The third-order valence-corrected chi connectivity index (χ3v) is 5.39. The van der Waals surface area contributed by atoms with Gasteiger partial charge in [0.2, 0.25) is 10.0 Å². The molecule has 1 heterocycles. The lowest BCUT2D eigenvalue weighted by Crippen LogP contribution is -2.23. The fourth-order valence-corrected chi connectivity index (χ4v) is 3.78. The van der Waals surface area contributed by atoms with Gasteiger partial charge in [-0.1, -0.05) is 6.07 Å². The minimum absolute atomic E-state index is 0.218. The number of aryl methyl sites for hydroxylation is 2. The van der Waals surface area contributed by atoms with Gasteiger partial charge < -0.3 is 5.32 Å². The monoisotopic (exact) mass is 325 g/mol. The topological polar surface area (TPSA) is 71.1 Å². The van der Waals surface area contributed by atoms with Crippen molar-refractivity contribution in [2.75, 3.05) is 7.05 Å². The Balaban J connectivity index is 2.17. The number of thiazole rings is 1. The van der Waals surface area contributed by atoms with Crippen LogP contribution in [0.4, 0.5) is 0 Å². The van der Waals surface area contributed by atoms with Crippen LogP contribution in [0.15, 0.2) is 29.3 Å². The van der Waals surface area contributed by atoms with Crippen LogP contribution in [0.5, 0.6) is 0 Å². The van der Waals surface area contributed by atoms with Crippen molar-refractivity contribution in [2.45, 2.75) is 31.8 Å². The highest BCUT2D eigenvalue weighted by Crippen LogP contribution is 2.17. The average Bonchev–Trinajstić information content (AvgIpc) is 2.85. The Labute approximate surface area is 129 Å². The second-order valence-corrected chi connectivity index (χ2v) is 7.89. The highest BCUT2D eigenvalue weighted by molar-refractivity contribution is 7.89. The van der Waals surface area contributed by atoms with E-state index in [0.717, 1.165) is 21.0 Å². The summed E-state index contributed by atoms with van der Waals surface area (Å²) in [4.78, 5) is 5.50. The normalized spacial score (nSPS) is 11.8. The second-order valence-electron chi connectivity index (χ2n) is 4.81. The van der Waals surface area contributed by atoms with Gasteiger partial charge in [0, 0.05) is 17.6 Å². The Hall–Kier alpha value is -1.28. The summed E-state index contributed by atoms with van der Waals surface area (Å²) in [5, 5.41) is 3.80. The minimum atomic E-state index is -3.52. The van der Waals surface area contributed by atoms with Crippen molar-refractivity contribution < 1.29 is 8.42 Å². The molecule has 0 aliphatic carbocycles. The van der Waals surface area contributed by atoms with E-state index < -0.39 is 10.0 Å². The quantitative estimate of drug-likeness (QED) is 0.852. The number of nitrogens with zero attached hydrogens (tertiary/aromatic N) is 1. The molecule has 2 rings (SSSR count). The van der Waals surface area contributed by atoms with Crippen LogP contribution in [0.25, 0.3) is 0 Å². The molecule has 0 aliphatic heterocycles. The summed E-state index contributed by atoms with van der Waals surface area (Å²) < 4.78 is 27.2. The molecule has 114 valence electrons. The number of aromatic nitrogens is 1. The van der Waals surface area contributed by atoms with Crippen LogP contribution >= 0.6 is 11.3 Å². The first-order valence-electron chi connectivity index (χ1n) is 6.57. The molecule has 0 saturated heterocycles. The van der Waals surface area contributed by atoms with Crippen LogP contribution in [0, 0.1) is 13.8 Å². The van der Waals surface area contributed by atoms with E-state index >= 15 is 0 Å². The largest absolute Gasteiger partial charge is 0.316 e. The molecule has 2 aromatic rings. The van der Waals surface area contributed by atoms with Crippen LogP contribution in [0.1, 0.15) is 21.0 Å². The Morgan fingerprint density at radius 1 is 1.24 bits per heavy atom. The van der Waals surface area contributed by atoms with E-state index in [4.69, 9.17) is 0 Å². The van der Waals surface area contributed by atoms with Crippen molar-refractivity contribution in [3.63, 3.8) is 0 Å². The van der Waals surface area contributed by atoms with Gasteiger partial charge in [-0.2, -0.15) is 0 Å². The summed E-state index contributed by atoms with van der Waals surface area (Å²) >= 11 is 1.49. The molecule has 5 nitrogen and oxygen atoms in total. The van der Waals surface area contributed by atoms with Gasteiger partial charge in [-0.25, -0.2) is 18.1 Å². The highest BCUT2D eigenvalue weighted by atomic mass is 32.2. The molecule has 0 unspecified atom stereocenters. The smallest absolute Gasteiger partial charge is 0.240 e. The molecule has 0 bridgehead atoms. The Morgan fingerprint density at radius 2 is 2.00 bits per heavy atom. The summed E-state index contributed by atoms with van der Waals surface area (Å²) in [5.74, 6) is 0. The van der Waals surface area contributed by atoms with Crippen molar-refractivity contribution in [3.05, 3.63) is 45.4 Å². The third kappa shape index (κ3) is 4.10. The summed E-state index contributed by atoms with van der Waals surface area (Å²) in [5.41, 5.74) is 2.05. The van der Waals surface area contributed by atoms with E-state index in [-0.39, 0.29) is 11.4 Å². The molecule has 1 aromatic heterocycles. The maximum absolute atomic E-state index is 12.3. The standard InChI is InChI=1S/C14H19N3O2S2/c1-10-4-5-13(6-12(10)8-15-3)21(18,19)17-9-14-16-7-11(2)20-14/h4-7,15,17H,8-9H2,1-3H3. The Morgan fingerprint density at radius 3 is 2.62 bits per heavy atom. The number of rotatable bonds is 6. The minimum Gasteiger partial charge on any atom is -0.316 e. The molecule has 21 heavy (non-hydrogen) atoms. The number of sulfonamides is 1. The molecule has 0 aliphatic rings. The van der Waals surface area contributed by atoms with Gasteiger partial charge in [-0.15, -0.1) is 11.3 Å². The first-order valence-corrected chi connectivity index (χ1v) is 8.87. The van der Waals surface area contributed by atoms with Crippen molar-refractivity contribution in [1.29, 1.82) is 0 Å². The van der Waals surface area contributed by atoms with Gasteiger partial charge in [-0.3, -0.25) is 0 Å². The van der Waals surface area contributed by atoms with Gasteiger partial charge >= 0.3 is 0 Å². The van der Waals surface area contributed by atoms with Crippen LogP contribution in [0.2, 0.25) is 0 Å². The predicted octanol–water partition coefficient (Wildman–Crippen LogP) is 1.96. The molecule has 0 atom stereocenters. The molecule has 0 radical (unpaired) electrons. The number of hydrogen-bond acceptors (Lipinski definition) is 5. The number of hydrogen-bond donors (Lipinski definition) is 2. The summed E-state index contributed by atoms with van der Waals surface area (Å²) in [6.45, 7) is 4.77. The Kier molecular flexibility index (Phi) is 5.10. The van der Waals surface area contributed by atoms with Crippen molar-refractivity contribution in [3.8, 4) is 0 Å². The lowest BCUT2D eigenvalue weighted by Gasteiger charge is -2.10. The van der Waals surface area contributed by atoms with E-state index in [2.05, 4.69) is 15.0 Å². The van der Waals surface area contributed by atoms with Gasteiger partial charge in [0.1, 0.15) is 5.01 Å². The average molecular weight is 325 g/mol. The molecule has 0 saturated carbocycles. The van der Waals surface area contributed by atoms with E-state index in [9.17, 15) is 8.42 Å². The highest BCUT2D eigenvalue weighted by Gasteiger charge is 2.15. The molecule has 0 fully saturated rings. The molecule has 0 amide bonds. The maximum atomic E-state index is 12.3. The lowest BCUT2D eigenvalue weighted by molar-refractivity contribution is 0.581. The molecule has 1 aromatic carbocycles. The first kappa shape index (κ1) is 16.1. The summed E-state index contributed by atoms with van der Waals surface area (Å²) in [6.07, 6.45) is 1.74. The first-order chi connectivity index (χ1) is 9.92. The number of benzene rings is 1.